The third-order valence-electron chi connectivity index (χ3n) is 2.28. The van der Waals surface area contributed by atoms with Gasteiger partial charge in [-0.1, -0.05) is 41.4 Å². The summed E-state index contributed by atoms with van der Waals surface area (Å²) in [7, 11) is 0. The molecule has 4 heteroatoms. The normalized spacial score (nSPS) is 12.4. The van der Waals surface area contributed by atoms with Gasteiger partial charge in [0.2, 0.25) is 0 Å². The van der Waals surface area contributed by atoms with E-state index in [4.69, 9.17) is 23.2 Å². The summed E-state index contributed by atoms with van der Waals surface area (Å²) in [6.07, 6.45) is 2.44. The van der Waals surface area contributed by atoms with Crippen LogP contribution in [0.2, 0.25) is 10.0 Å². The molecule has 1 aromatic heterocycles. The number of hydrogen-bond acceptors (Lipinski definition) is 2. The van der Waals surface area contributed by atoms with Gasteiger partial charge in [-0.25, -0.2) is 0 Å². The van der Waals surface area contributed by atoms with Crippen molar-refractivity contribution >= 4 is 23.2 Å². The van der Waals surface area contributed by atoms with Gasteiger partial charge in [-0.05, 0) is 12.1 Å². The number of aliphatic hydroxyl groups excluding tert-OH is 1. The number of pyridine rings is 1. The number of rotatable bonds is 2. The molecular formula is C12H9Cl2NO. The number of hydrogen-bond donors (Lipinski definition) is 1. The first-order valence-electron chi connectivity index (χ1n) is 4.72. The first kappa shape index (κ1) is 11.4. The van der Waals surface area contributed by atoms with Crippen LogP contribution in [0.25, 0.3) is 0 Å². The van der Waals surface area contributed by atoms with Crippen molar-refractivity contribution in [2.24, 2.45) is 0 Å². The predicted molar refractivity (Wildman–Crippen MR) is 64.8 cm³/mol. The van der Waals surface area contributed by atoms with Gasteiger partial charge in [0.05, 0.1) is 10.0 Å². The van der Waals surface area contributed by atoms with E-state index in [-0.39, 0.29) is 0 Å². The van der Waals surface area contributed by atoms with Crippen LogP contribution < -0.4 is 0 Å². The summed E-state index contributed by atoms with van der Waals surface area (Å²) in [6, 6.07) is 8.73. The second-order valence-corrected chi connectivity index (χ2v) is 4.12. The Balaban J connectivity index is 2.42. The summed E-state index contributed by atoms with van der Waals surface area (Å²) in [6.45, 7) is 0. The highest BCUT2D eigenvalue weighted by Gasteiger charge is 2.15. The number of aliphatic hydroxyl groups is 1. The fourth-order valence-electron chi connectivity index (χ4n) is 1.45. The highest BCUT2D eigenvalue weighted by Crippen LogP contribution is 2.32. The lowest BCUT2D eigenvalue weighted by Crippen LogP contribution is -2.00. The zero-order chi connectivity index (χ0) is 11.5. The van der Waals surface area contributed by atoms with Crippen LogP contribution in [0.5, 0.6) is 0 Å². The first-order valence-corrected chi connectivity index (χ1v) is 5.47. The lowest BCUT2D eigenvalue weighted by molar-refractivity contribution is 0.220. The molecule has 0 radical (unpaired) electrons. The van der Waals surface area contributed by atoms with Crippen molar-refractivity contribution in [3.63, 3.8) is 0 Å². The quantitative estimate of drug-likeness (QED) is 0.890. The number of halogens is 2. The maximum Gasteiger partial charge on any atom is 0.107 e. The molecule has 16 heavy (non-hydrogen) atoms. The van der Waals surface area contributed by atoms with Gasteiger partial charge in [0.25, 0.3) is 0 Å². The molecule has 2 nitrogen and oxygen atoms in total. The molecule has 1 unspecified atom stereocenters. The largest absolute Gasteiger partial charge is 0.384 e. The van der Waals surface area contributed by atoms with Crippen molar-refractivity contribution in [1.82, 2.24) is 4.98 Å². The fraction of sp³-hybridized carbons (Fsp3) is 0.0833. The molecule has 82 valence electrons. The fourth-order valence-corrected chi connectivity index (χ4v) is 1.86. The van der Waals surface area contributed by atoms with Gasteiger partial charge in [-0.15, -0.1) is 0 Å². The third kappa shape index (κ3) is 2.19. The molecule has 0 aliphatic rings. The van der Waals surface area contributed by atoms with E-state index in [1.165, 1.54) is 0 Å². The Hall–Kier alpha value is -1.09. The minimum Gasteiger partial charge on any atom is -0.384 e. The Bertz CT molecular complexity index is 488. The maximum atomic E-state index is 10.1. The summed E-state index contributed by atoms with van der Waals surface area (Å²) in [5, 5.41) is 10.9. The minimum absolute atomic E-state index is 0.375. The molecule has 1 heterocycles. The van der Waals surface area contributed by atoms with Gasteiger partial charge in [-0.3, -0.25) is 4.98 Å². The Morgan fingerprint density at radius 1 is 1.12 bits per heavy atom. The van der Waals surface area contributed by atoms with E-state index < -0.39 is 6.10 Å². The Morgan fingerprint density at radius 2 is 1.94 bits per heavy atom. The van der Waals surface area contributed by atoms with Gasteiger partial charge >= 0.3 is 0 Å². The Morgan fingerprint density at radius 3 is 2.62 bits per heavy atom. The van der Waals surface area contributed by atoms with Gasteiger partial charge in [-0.2, -0.15) is 0 Å². The number of benzene rings is 1. The van der Waals surface area contributed by atoms with Crippen molar-refractivity contribution < 1.29 is 5.11 Å². The van der Waals surface area contributed by atoms with Gasteiger partial charge in [0, 0.05) is 23.5 Å². The average molecular weight is 254 g/mol. The Kier molecular flexibility index (Phi) is 3.44. The lowest BCUT2D eigenvalue weighted by atomic mass is 10.0. The molecule has 1 N–H and O–H groups in total. The highest BCUT2D eigenvalue weighted by molar-refractivity contribution is 6.42. The topological polar surface area (TPSA) is 33.1 Å². The van der Waals surface area contributed by atoms with Crippen molar-refractivity contribution in [2.45, 2.75) is 6.10 Å². The van der Waals surface area contributed by atoms with Crippen molar-refractivity contribution in [1.29, 1.82) is 0 Å². The molecule has 2 rings (SSSR count). The number of aromatic nitrogens is 1. The second-order valence-electron chi connectivity index (χ2n) is 3.33. The molecule has 0 saturated heterocycles. The monoisotopic (exact) mass is 253 g/mol. The van der Waals surface area contributed by atoms with Crippen LogP contribution in [0.15, 0.2) is 42.7 Å². The molecule has 0 saturated carbocycles. The maximum absolute atomic E-state index is 10.1. The standard InChI is InChI=1S/C12H9Cl2NO/c13-10-5-1-4-9(11(10)14)12(16)8-3-2-6-15-7-8/h1-7,12,16H. The van der Waals surface area contributed by atoms with E-state index >= 15 is 0 Å². The summed E-state index contributed by atoms with van der Waals surface area (Å²) in [5.41, 5.74) is 1.27. The van der Waals surface area contributed by atoms with Crippen molar-refractivity contribution in [3.05, 3.63) is 63.9 Å². The van der Waals surface area contributed by atoms with Crippen molar-refractivity contribution in [2.75, 3.05) is 0 Å². The molecule has 0 aliphatic heterocycles. The zero-order valence-electron chi connectivity index (χ0n) is 8.27. The molecule has 1 atom stereocenters. The molecule has 0 amide bonds. The average Bonchev–Trinajstić information content (AvgIpc) is 2.33. The summed E-state index contributed by atoms with van der Waals surface area (Å²) >= 11 is 11.9. The lowest BCUT2D eigenvalue weighted by Gasteiger charge is -2.13. The Labute approximate surface area is 103 Å². The second kappa shape index (κ2) is 4.83. The van der Waals surface area contributed by atoms with Crippen LogP contribution in [-0.2, 0) is 0 Å². The summed E-state index contributed by atoms with van der Waals surface area (Å²) in [4.78, 5) is 3.95. The van der Waals surface area contributed by atoms with E-state index in [0.717, 1.165) is 0 Å². The van der Waals surface area contributed by atoms with Crippen LogP contribution in [0.4, 0.5) is 0 Å². The molecule has 1 aromatic carbocycles. The molecule has 0 bridgehead atoms. The molecule has 2 aromatic rings. The third-order valence-corrected chi connectivity index (χ3v) is 3.11. The zero-order valence-corrected chi connectivity index (χ0v) is 9.78. The van der Waals surface area contributed by atoms with Crippen molar-refractivity contribution in [3.8, 4) is 0 Å². The van der Waals surface area contributed by atoms with Gasteiger partial charge in [0.1, 0.15) is 6.10 Å². The van der Waals surface area contributed by atoms with E-state index in [0.29, 0.717) is 21.2 Å². The van der Waals surface area contributed by atoms with Crippen LogP contribution in [-0.4, -0.2) is 10.1 Å². The first-order chi connectivity index (χ1) is 7.70. The number of nitrogens with zero attached hydrogens (tertiary/aromatic N) is 1. The van der Waals surface area contributed by atoms with E-state index in [9.17, 15) is 5.11 Å². The van der Waals surface area contributed by atoms with Gasteiger partial charge < -0.3 is 5.11 Å². The smallest absolute Gasteiger partial charge is 0.107 e. The highest BCUT2D eigenvalue weighted by atomic mass is 35.5. The molecular weight excluding hydrogens is 245 g/mol. The molecule has 0 aliphatic carbocycles. The summed E-state index contributed by atoms with van der Waals surface area (Å²) in [5.74, 6) is 0. The van der Waals surface area contributed by atoms with Crippen LogP contribution >= 0.6 is 23.2 Å². The van der Waals surface area contributed by atoms with E-state index in [1.54, 1.807) is 42.7 Å². The van der Waals surface area contributed by atoms with Crippen LogP contribution in [0, 0.1) is 0 Å². The summed E-state index contributed by atoms with van der Waals surface area (Å²) < 4.78 is 0. The molecule has 0 spiro atoms. The van der Waals surface area contributed by atoms with Gasteiger partial charge in [0.15, 0.2) is 0 Å². The van der Waals surface area contributed by atoms with E-state index in [2.05, 4.69) is 4.98 Å². The SMILES string of the molecule is OC(c1cccnc1)c1cccc(Cl)c1Cl. The minimum atomic E-state index is -0.806. The predicted octanol–water partition coefficient (Wildman–Crippen LogP) is 3.47. The molecule has 0 fully saturated rings. The van der Waals surface area contributed by atoms with E-state index in [1.807, 2.05) is 0 Å². The van der Waals surface area contributed by atoms with Crippen LogP contribution in [0.1, 0.15) is 17.2 Å². The van der Waals surface area contributed by atoms with Crippen LogP contribution in [0.3, 0.4) is 0 Å².